The summed E-state index contributed by atoms with van der Waals surface area (Å²) >= 11 is 0. The summed E-state index contributed by atoms with van der Waals surface area (Å²) in [5.74, 6) is -0.216. The quantitative estimate of drug-likeness (QED) is 0.444. The van der Waals surface area contributed by atoms with Crippen molar-refractivity contribution in [2.45, 2.75) is 57.6 Å². The number of aromatic hydroxyl groups is 1. The number of hydrogen-bond donors (Lipinski definition) is 2. The van der Waals surface area contributed by atoms with Crippen LogP contribution in [0.5, 0.6) is 5.75 Å². The molecular weight excluding hydrogens is 498 g/mol. The second-order valence-electron chi connectivity index (χ2n) is 10.9. The highest BCUT2D eigenvalue weighted by molar-refractivity contribution is 7.89. The number of nitrogens with zero attached hydrogens (tertiary/aromatic N) is 2. The summed E-state index contributed by atoms with van der Waals surface area (Å²) in [5.41, 5.74) is 4.87. The van der Waals surface area contributed by atoms with E-state index in [2.05, 4.69) is 62.2 Å². The number of benzene rings is 3. The molecule has 0 radical (unpaired) electrons. The van der Waals surface area contributed by atoms with E-state index in [1.807, 2.05) is 12.1 Å². The molecule has 1 aliphatic heterocycles. The minimum absolute atomic E-state index is 0.0495. The molecule has 3 aromatic carbocycles. The first-order valence-electron chi connectivity index (χ1n) is 12.9. The van der Waals surface area contributed by atoms with Gasteiger partial charge in [-0.2, -0.15) is 4.31 Å². The van der Waals surface area contributed by atoms with E-state index in [4.69, 9.17) is 0 Å². The van der Waals surface area contributed by atoms with E-state index >= 15 is 0 Å². The van der Waals surface area contributed by atoms with Gasteiger partial charge in [0.1, 0.15) is 5.75 Å². The molecule has 0 bridgehead atoms. The van der Waals surface area contributed by atoms with Crippen LogP contribution < -0.4 is 5.32 Å². The Balaban J connectivity index is 1.37. The van der Waals surface area contributed by atoms with E-state index in [1.54, 1.807) is 6.07 Å². The lowest BCUT2D eigenvalue weighted by atomic mass is 9.98. The van der Waals surface area contributed by atoms with Gasteiger partial charge < -0.3 is 10.4 Å². The molecule has 1 heterocycles. The maximum atomic E-state index is 13.0. The van der Waals surface area contributed by atoms with Gasteiger partial charge in [-0.3, -0.25) is 9.69 Å². The second-order valence-corrected chi connectivity index (χ2v) is 12.8. The molecule has 4 rings (SSSR count). The van der Waals surface area contributed by atoms with Gasteiger partial charge >= 0.3 is 0 Å². The molecule has 8 heteroatoms. The molecule has 0 aromatic heterocycles. The zero-order chi connectivity index (χ0) is 27.5. The third-order valence-corrected chi connectivity index (χ3v) is 8.85. The lowest BCUT2D eigenvalue weighted by Gasteiger charge is -2.36. The summed E-state index contributed by atoms with van der Waals surface area (Å²) in [6, 6.07) is 19.7. The Kier molecular flexibility index (Phi) is 8.25. The van der Waals surface area contributed by atoms with Gasteiger partial charge in [-0.25, -0.2) is 8.42 Å². The maximum Gasteiger partial charge on any atom is 0.251 e. The fourth-order valence-corrected chi connectivity index (χ4v) is 6.10. The molecule has 0 saturated heterocycles. The summed E-state index contributed by atoms with van der Waals surface area (Å²) in [7, 11) is -3.72. The number of phenolic OH excluding ortho intramolecular Hbond substituents is 1. The van der Waals surface area contributed by atoms with Gasteiger partial charge in [0, 0.05) is 43.8 Å². The number of carbonyl (C=O) groups is 1. The Morgan fingerprint density at radius 3 is 2.45 bits per heavy atom. The summed E-state index contributed by atoms with van der Waals surface area (Å²) in [5, 5.41) is 12.8. The average Bonchev–Trinajstić information content (AvgIpc) is 2.88. The molecule has 0 unspecified atom stereocenters. The lowest BCUT2D eigenvalue weighted by molar-refractivity contribution is 0.0921. The zero-order valence-electron chi connectivity index (χ0n) is 22.6. The largest absolute Gasteiger partial charge is 0.508 e. The number of fused-ring (bicyclic) bond motifs is 1. The molecule has 0 aliphatic carbocycles. The van der Waals surface area contributed by atoms with Crippen molar-refractivity contribution >= 4 is 15.9 Å². The molecule has 0 atom stereocenters. The van der Waals surface area contributed by atoms with Crippen molar-refractivity contribution in [1.29, 1.82) is 0 Å². The number of sulfonamides is 1. The Morgan fingerprint density at radius 2 is 1.76 bits per heavy atom. The standard InChI is InChI=1S/C30H37N3O4S/c1-22-8-10-23(11-9-22)20-32(30(2,3)4)17-15-31-29(35)25-12-13-26-21-33(16-14-24(26)18-25)38(36,37)28-7-5-6-27(34)19-28/h5-13,18-19,34H,14-17,20-21H2,1-4H3,(H,31,35). The first kappa shape index (κ1) is 27.8. The van der Waals surface area contributed by atoms with Crippen molar-refractivity contribution in [3.05, 3.63) is 94.5 Å². The SMILES string of the molecule is Cc1ccc(CN(CCNC(=O)c2ccc3c(c2)CCN(S(=O)(=O)c2cccc(O)c2)C3)C(C)(C)C)cc1. The molecule has 0 fully saturated rings. The Bertz CT molecular complexity index is 1400. The molecule has 38 heavy (non-hydrogen) atoms. The molecule has 1 aliphatic rings. The van der Waals surface area contributed by atoms with Crippen LogP contribution in [0.3, 0.4) is 0 Å². The Labute approximate surface area is 226 Å². The summed E-state index contributed by atoms with van der Waals surface area (Å²) in [6.45, 7) is 11.2. The number of amides is 1. The highest BCUT2D eigenvalue weighted by Crippen LogP contribution is 2.27. The molecule has 1 amide bonds. The highest BCUT2D eigenvalue weighted by Gasteiger charge is 2.29. The van der Waals surface area contributed by atoms with Gasteiger partial charge in [0.05, 0.1) is 4.90 Å². The number of carbonyl (C=O) groups excluding carboxylic acids is 1. The topological polar surface area (TPSA) is 90.0 Å². The summed E-state index contributed by atoms with van der Waals surface area (Å²) < 4.78 is 27.5. The first-order chi connectivity index (χ1) is 17.9. The number of rotatable bonds is 8. The van der Waals surface area contributed by atoms with Gasteiger partial charge in [-0.05, 0) is 81.1 Å². The maximum absolute atomic E-state index is 13.0. The predicted octanol–water partition coefficient (Wildman–Crippen LogP) is 4.48. The molecule has 3 aromatic rings. The lowest BCUT2D eigenvalue weighted by Crippen LogP contribution is -2.45. The Morgan fingerprint density at radius 1 is 1.03 bits per heavy atom. The summed E-state index contributed by atoms with van der Waals surface area (Å²) in [6.07, 6.45) is 0.517. The minimum atomic E-state index is -3.72. The van der Waals surface area contributed by atoms with Crippen molar-refractivity contribution in [3.63, 3.8) is 0 Å². The zero-order valence-corrected chi connectivity index (χ0v) is 23.4. The molecule has 7 nitrogen and oxygen atoms in total. The molecular formula is C30H37N3O4S. The van der Waals surface area contributed by atoms with Crippen molar-refractivity contribution in [2.24, 2.45) is 0 Å². The summed E-state index contributed by atoms with van der Waals surface area (Å²) in [4.78, 5) is 15.4. The third-order valence-electron chi connectivity index (χ3n) is 7.01. The second kappa shape index (κ2) is 11.3. The highest BCUT2D eigenvalue weighted by atomic mass is 32.2. The molecule has 2 N–H and O–H groups in total. The number of aryl methyl sites for hydroxylation is 1. The predicted molar refractivity (Wildman–Crippen MR) is 150 cm³/mol. The van der Waals surface area contributed by atoms with Gasteiger partial charge in [0.2, 0.25) is 10.0 Å². The number of hydrogen-bond acceptors (Lipinski definition) is 5. The van der Waals surface area contributed by atoms with E-state index in [0.717, 1.165) is 24.2 Å². The van der Waals surface area contributed by atoms with Crippen molar-refractivity contribution < 1.29 is 18.3 Å². The number of nitrogens with one attached hydrogen (secondary N) is 1. The first-order valence-corrected chi connectivity index (χ1v) is 14.4. The fourth-order valence-electron chi connectivity index (χ4n) is 4.64. The van der Waals surface area contributed by atoms with E-state index in [-0.39, 0.29) is 28.6 Å². The average molecular weight is 536 g/mol. The van der Waals surface area contributed by atoms with Crippen LogP contribution in [-0.2, 0) is 29.5 Å². The van der Waals surface area contributed by atoms with Crippen LogP contribution in [-0.4, -0.2) is 53.8 Å². The monoisotopic (exact) mass is 535 g/mol. The molecule has 0 saturated carbocycles. The van der Waals surface area contributed by atoms with Crippen LogP contribution in [0.4, 0.5) is 0 Å². The molecule has 202 valence electrons. The van der Waals surface area contributed by atoms with Crippen LogP contribution in [0.1, 0.15) is 53.4 Å². The van der Waals surface area contributed by atoms with Gasteiger partial charge in [-0.15, -0.1) is 0 Å². The van der Waals surface area contributed by atoms with Gasteiger partial charge in [0.15, 0.2) is 0 Å². The van der Waals surface area contributed by atoms with Crippen molar-refractivity contribution in [1.82, 2.24) is 14.5 Å². The molecule has 0 spiro atoms. The van der Waals surface area contributed by atoms with E-state index in [1.165, 1.54) is 39.7 Å². The number of phenols is 1. The van der Waals surface area contributed by atoms with Crippen LogP contribution in [0.2, 0.25) is 0 Å². The van der Waals surface area contributed by atoms with Crippen LogP contribution >= 0.6 is 0 Å². The van der Waals surface area contributed by atoms with Crippen molar-refractivity contribution in [2.75, 3.05) is 19.6 Å². The van der Waals surface area contributed by atoms with E-state index in [0.29, 0.717) is 25.1 Å². The van der Waals surface area contributed by atoms with E-state index in [9.17, 15) is 18.3 Å². The minimum Gasteiger partial charge on any atom is -0.508 e. The van der Waals surface area contributed by atoms with Crippen LogP contribution in [0.15, 0.2) is 71.6 Å². The van der Waals surface area contributed by atoms with Gasteiger partial charge in [-0.1, -0.05) is 42.0 Å². The fraction of sp³-hybridized carbons (Fsp3) is 0.367. The van der Waals surface area contributed by atoms with Crippen molar-refractivity contribution in [3.8, 4) is 5.75 Å². The third kappa shape index (κ3) is 6.62. The van der Waals surface area contributed by atoms with Gasteiger partial charge in [0.25, 0.3) is 5.91 Å². The normalized spacial score (nSPS) is 14.3. The van der Waals surface area contributed by atoms with Crippen LogP contribution in [0, 0.1) is 6.92 Å². The van der Waals surface area contributed by atoms with E-state index < -0.39 is 10.0 Å². The van der Waals surface area contributed by atoms with Crippen LogP contribution in [0.25, 0.3) is 0 Å². The Hall–Kier alpha value is -3.20. The smallest absolute Gasteiger partial charge is 0.251 e.